The van der Waals surface area contributed by atoms with Gasteiger partial charge in [0, 0.05) is 23.5 Å². The minimum atomic E-state index is -0.384. The third-order valence-corrected chi connectivity index (χ3v) is 3.57. The summed E-state index contributed by atoms with van der Waals surface area (Å²) >= 11 is 1.54. The Kier molecular flexibility index (Phi) is 3.51. The second-order valence-electron chi connectivity index (χ2n) is 3.69. The lowest BCUT2D eigenvalue weighted by Gasteiger charge is -2.05. The van der Waals surface area contributed by atoms with Crippen LogP contribution in [0.3, 0.4) is 0 Å². The van der Waals surface area contributed by atoms with Crippen molar-refractivity contribution in [3.05, 3.63) is 41.4 Å². The minimum absolute atomic E-state index is 0.169. The molecule has 5 heteroatoms. The molecule has 0 saturated carbocycles. The second kappa shape index (κ2) is 5.07. The van der Waals surface area contributed by atoms with E-state index in [-0.39, 0.29) is 18.4 Å². The fraction of sp³-hybridized carbons (Fsp3) is 0.167. The van der Waals surface area contributed by atoms with Gasteiger partial charge in [0.1, 0.15) is 0 Å². The van der Waals surface area contributed by atoms with Crippen LogP contribution >= 0.6 is 11.3 Å². The van der Waals surface area contributed by atoms with Crippen molar-refractivity contribution in [1.82, 2.24) is 4.98 Å². The van der Waals surface area contributed by atoms with Crippen molar-refractivity contribution in [3.8, 4) is 10.6 Å². The SMILES string of the molecule is NC(=O)CC(N)c1ccc(-c2ccccn2)s1. The van der Waals surface area contributed by atoms with Crippen molar-refractivity contribution < 1.29 is 4.79 Å². The zero-order valence-electron chi connectivity index (χ0n) is 9.17. The molecule has 1 unspecified atom stereocenters. The topological polar surface area (TPSA) is 82.0 Å². The van der Waals surface area contributed by atoms with Crippen molar-refractivity contribution in [2.24, 2.45) is 11.5 Å². The van der Waals surface area contributed by atoms with E-state index >= 15 is 0 Å². The molecule has 0 spiro atoms. The molecule has 0 aliphatic rings. The Morgan fingerprint density at radius 1 is 1.35 bits per heavy atom. The maximum Gasteiger partial charge on any atom is 0.219 e. The number of primary amides is 1. The third kappa shape index (κ3) is 2.89. The highest BCUT2D eigenvalue weighted by molar-refractivity contribution is 7.15. The molecule has 88 valence electrons. The number of nitrogens with zero attached hydrogens (tertiary/aromatic N) is 1. The van der Waals surface area contributed by atoms with Crippen LogP contribution in [0.5, 0.6) is 0 Å². The molecule has 0 aliphatic heterocycles. The summed E-state index contributed by atoms with van der Waals surface area (Å²) in [5, 5.41) is 0. The Balaban J connectivity index is 2.19. The van der Waals surface area contributed by atoms with E-state index < -0.39 is 0 Å². The minimum Gasteiger partial charge on any atom is -0.370 e. The number of rotatable bonds is 4. The second-order valence-corrected chi connectivity index (χ2v) is 4.81. The number of carbonyl (C=O) groups excluding carboxylic acids is 1. The van der Waals surface area contributed by atoms with E-state index in [0.29, 0.717) is 0 Å². The van der Waals surface area contributed by atoms with Gasteiger partial charge in [-0.25, -0.2) is 0 Å². The van der Waals surface area contributed by atoms with Crippen LogP contribution < -0.4 is 11.5 Å². The summed E-state index contributed by atoms with van der Waals surface area (Å²) in [4.78, 5) is 17.0. The Morgan fingerprint density at radius 3 is 2.82 bits per heavy atom. The Labute approximate surface area is 103 Å². The van der Waals surface area contributed by atoms with E-state index in [1.54, 1.807) is 17.5 Å². The summed E-state index contributed by atoms with van der Waals surface area (Å²) in [6.45, 7) is 0. The van der Waals surface area contributed by atoms with E-state index in [4.69, 9.17) is 11.5 Å². The quantitative estimate of drug-likeness (QED) is 0.862. The molecule has 2 rings (SSSR count). The molecule has 0 bridgehead atoms. The standard InChI is InChI=1S/C12H13N3OS/c13-8(7-12(14)16)10-4-5-11(17-10)9-3-1-2-6-15-9/h1-6,8H,7,13H2,(H2,14,16). The lowest BCUT2D eigenvalue weighted by atomic mass is 10.2. The van der Waals surface area contributed by atoms with E-state index in [1.807, 2.05) is 30.3 Å². The highest BCUT2D eigenvalue weighted by Gasteiger charge is 2.12. The van der Waals surface area contributed by atoms with Crippen LogP contribution in [0.1, 0.15) is 17.3 Å². The van der Waals surface area contributed by atoms with Crippen LogP contribution in [0.2, 0.25) is 0 Å². The number of thiophene rings is 1. The first-order valence-electron chi connectivity index (χ1n) is 5.22. The summed E-state index contributed by atoms with van der Waals surface area (Å²) in [6.07, 6.45) is 1.92. The van der Waals surface area contributed by atoms with Crippen molar-refractivity contribution in [3.63, 3.8) is 0 Å². The number of pyridine rings is 1. The lowest BCUT2D eigenvalue weighted by Crippen LogP contribution is -2.19. The molecule has 2 aromatic heterocycles. The molecule has 17 heavy (non-hydrogen) atoms. The van der Waals surface area contributed by atoms with Gasteiger partial charge >= 0.3 is 0 Å². The molecule has 2 aromatic rings. The Bertz CT molecular complexity index is 509. The van der Waals surface area contributed by atoms with Crippen LogP contribution in [-0.2, 0) is 4.79 Å². The molecule has 0 fully saturated rings. The summed E-state index contributed by atoms with van der Waals surface area (Å²) in [6, 6.07) is 9.30. The predicted octanol–water partition coefficient (Wildman–Crippen LogP) is 1.69. The number of aromatic nitrogens is 1. The fourth-order valence-corrected chi connectivity index (χ4v) is 2.50. The van der Waals surface area contributed by atoms with Crippen molar-refractivity contribution in [2.75, 3.05) is 0 Å². The van der Waals surface area contributed by atoms with Gasteiger partial charge in [-0.2, -0.15) is 0 Å². The monoisotopic (exact) mass is 247 g/mol. The molecule has 0 aliphatic carbocycles. The maximum absolute atomic E-state index is 10.8. The van der Waals surface area contributed by atoms with Gasteiger partial charge in [0.2, 0.25) is 5.91 Å². The molecule has 1 atom stereocenters. The van der Waals surface area contributed by atoms with Gasteiger partial charge in [-0.3, -0.25) is 9.78 Å². The summed E-state index contributed by atoms with van der Waals surface area (Å²) < 4.78 is 0. The predicted molar refractivity (Wildman–Crippen MR) is 68.3 cm³/mol. The van der Waals surface area contributed by atoms with Crippen LogP contribution in [0.15, 0.2) is 36.5 Å². The van der Waals surface area contributed by atoms with Gasteiger partial charge in [-0.15, -0.1) is 11.3 Å². The van der Waals surface area contributed by atoms with Crippen LogP contribution in [0, 0.1) is 0 Å². The van der Waals surface area contributed by atoms with Crippen LogP contribution in [0.4, 0.5) is 0 Å². The first-order chi connectivity index (χ1) is 8.16. The van der Waals surface area contributed by atoms with E-state index in [1.165, 1.54) is 0 Å². The highest BCUT2D eigenvalue weighted by Crippen LogP contribution is 2.30. The number of carbonyl (C=O) groups is 1. The molecule has 0 aromatic carbocycles. The van der Waals surface area contributed by atoms with Crippen LogP contribution in [-0.4, -0.2) is 10.9 Å². The molecule has 0 saturated heterocycles. The van der Waals surface area contributed by atoms with Gasteiger partial charge in [0.15, 0.2) is 0 Å². The molecular weight excluding hydrogens is 234 g/mol. The summed E-state index contributed by atoms with van der Waals surface area (Å²) in [5.41, 5.74) is 11.9. The van der Waals surface area contributed by atoms with E-state index in [9.17, 15) is 4.79 Å². The summed E-state index contributed by atoms with van der Waals surface area (Å²) in [5.74, 6) is -0.384. The molecular formula is C12H13N3OS. The number of nitrogens with two attached hydrogens (primary N) is 2. The molecule has 1 amide bonds. The van der Waals surface area contributed by atoms with E-state index in [2.05, 4.69) is 4.98 Å². The normalized spacial score (nSPS) is 12.3. The van der Waals surface area contributed by atoms with E-state index in [0.717, 1.165) is 15.4 Å². The largest absolute Gasteiger partial charge is 0.370 e. The molecule has 2 heterocycles. The number of hydrogen-bond donors (Lipinski definition) is 2. The van der Waals surface area contributed by atoms with Gasteiger partial charge < -0.3 is 11.5 Å². The van der Waals surface area contributed by atoms with Crippen LogP contribution in [0.25, 0.3) is 10.6 Å². The van der Waals surface area contributed by atoms with Gasteiger partial charge in [-0.05, 0) is 24.3 Å². The first kappa shape index (κ1) is 11.8. The Hall–Kier alpha value is -1.72. The van der Waals surface area contributed by atoms with Crippen molar-refractivity contribution >= 4 is 17.2 Å². The van der Waals surface area contributed by atoms with Gasteiger partial charge in [0.05, 0.1) is 10.6 Å². The smallest absolute Gasteiger partial charge is 0.219 e. The number of hydrogen-bond acceptors (Lipinski definition) is 4. The highest BCUT2D eigenvalue weighted by atomic mass is 32.1. The Morgan fingerprint density at radius 2 is 2.18 bits per heavy atom. The lowest BCUT2D eigenvalue weighted by molar-refractivity contribution is -0.118. The van der Waals surface area contributed by atoms with Gasteiger partial charge in [-0.1, -0.05) is 6.07 Å². The third-order valence-electron chi connectivity index (χ3n) is 2.33. The zero-order valence-corrected chi connectivity index (χ0v) is 9.98. The average Bonchev–Trinajstić information content (AvgIpc) is 2.78. The fourth-order valence-electron chi connectivity index (χ4n) is 1.52. The summed E-state index contributed by atoms with van der Waals surface area (Å²) in [7, 11) is 0. The average molecular weight is 247 g/mol. The maximum atomic E-state index is 10.8. The molecule has 4 N–H and O–H groups in total. The molecule has 4 nitrogen and oxygen atoms in total. The van der Waals surface area contributed by atoms with Gasteiger partial charge in [0.25, 0.3) is 0 Å². The van der Waals surface area contributed by atoms with Crippen molar-refractivity contribution in [2.45, 2.75) is 12.5 Å². The zero-order chi connectivity index (χ0) is 12.3. The van der Waals surface area contributed by atoms with Crippen molar-refractivity contribution in [1.29, 1.82) is 0 Å². The molecule has 0 radical (unpaired) electrons. The first-order valence-corrected chi connectivity index (χ1v) is 6.03. The number of amides is 1.